The first kappa shape index (κ1) is 18.2. The third-order valence-electron chi connectivity index (χ3n) is 4.76. The van der Waals surface area contributed by atoms with Crippen molar-refractivity contribution in [2.24, 2.45) is 0 Å². The monoisotopic (exact) mass is 402 g/mol. The van der Waals surface area contributed by atoms with Gasteiger partial charge >= 0.3 is 0 Å². The molecule has 1 N–H and O–H groups in total. The van der Waals surface area contributed by atoms with Crippen LogP contribution >= 0.6 is 0 Å². The highest BCUT2D eigenvalue weighted by molar-refractivity contribution is 6.02. The van der Waals surface area contributed by atoms with Crippen molar-refractivity contribution in [1.82, 2.24) is 5.16 Å². The summed E-state index contributed by atoms with van der Waals surface area (Å²) in [7, 11) is 0. The Balaban J connectivity index is 1.18. The van der Waals surface area contributed by atoms with Crippen molar-refractivity contribution in [3.63, 3.8) is 0 Å². The van der Waals surface area contributed by atoms with Crippen LogP contribution in [0.1, 0.15) is 5.69 Å². The molecule has 0 saturated heterocycles. The second-order valence-corrected chi connectivity index (χ2v) is 6.82. The Labute approximate surface area is 172 Å². The summed E-state index contributed by atoms with van der Waals surface area (Å²) in [5.41, 5.74) is 2.18. The van der Waals surface area contributed by atoms with Crippen LogP contribution in [-0.2, 0) is 16.1 Å². The SMILES string of the molecule is O=C(COCc1cc(-c2ccc3c(c2)OCO3)on1)Nc1cccc2ccccc12. The van der Waals surface area contributed by atoms with Crippen LogP contribution in [-0.4, -0.2) is 24.5 Å². The molecule has 0 bridgehead atoms. The molecule has 1 aliphatic rings. The van der Waals surface area contributed by atoms with Crippen LogP contribution in [0.2, 0.25) is 0 Å². The lowest BCUT2D eigenvalue weighted by Crippen LogP contribution is -2.18. The highest BCUT2D eigenvalue weighted by Gasteiger charge is 2.16. The summed E-state index contributed by atoms with van der Waals surface area (Å²) in [5.74, 6) is 1.74. The van der Waals surface area contributed by atoms with Crippen LogP contribution in [0, 0.1) is 0 Å². The summed E-state index contributed by atoms with van der Waals surface area (Å²) in [5, 5.41) is 8.95. The predicted octanol–water partition coefficient (Wildman–Crippen LogP) is 4.38. The zero-order chi connectivity index (χ0) is 20.3. The number of hydrogen-bond donors (Lipinski definition) is 1. The van der Waals surface area contributed by atoms with Crippen LogP contribution in [0.25, 0.3) is 22.1 Å². The summed E-state index contributed by atoms with van der Waals surface area (Å²) in [6.07, 6.45) is 0. The van der Waals surface area contributed by atoms with Crippen molar-refractivity contribution in [1.29, 1.82) is 0 Å². The molecule has 0 spiro atoms. The summed E-state index contributed by atoms with van der Waals surface area (Å²) in [4.78, 5) is 12.3. The standard InChI is InChI=1S/C23H18N2O5/c26-23(24-19-7-3-5-15-4-1-2-6-18(15)19)13-27-12-17-11-21(30-25-17)16-8-9-20-22(10-16)29-14-28-20/h1-11H,12-14H2,(H,24,26). The van der Waals surface area contributed by atoms with E-state index in [1.54, 1.807) is 6.07 Å². The van der Waals surface area contributed by atoms with E-state index in [0.717, 1.165) is 22.0 Å². The number of amides is 1. The van der Waals surface area contributed by atoms with Gasteiger partial charge < -0.3 is 24.1 Å². The lowest BCUT2D eigenvalue weighted by atomic mass is 10.1. The number of carbonyl (C=O) groups excluding carboxylic acids is 1. The predicted molar refractivity (Wildman–Crippen MR) is 110 cm³/mol. The van der Waals surface area contributed by atoms with Gasteiger partial charge in [0.2, 0.25) is 12.7 Å². The van der Waals surface area contributed by atoms with E-state index in [1.807, 2.05) is 60.7 Å². The molecule has 4 aromatic rings. The number of carbonyl (C=O) groups is 1. The van der Waals surface area contributed by atoms with Crippen molar-refractivity contribution < 1.29 is 23.5 Å². The Kier molecular flexibility index (Phi) is 4.78. The summed E-state index contributed by atoms with van der Waals surface area (Å²) >= 11 is 0. The molecule has 3 aromatic carbocycles. The number of rotatable bonds is 6. The number of nitrogens with zero attached hydrogens (tertiary/aromatic N) is 1. The molecule has 7 nitrogen and oxygen atoms in total. The van der Waals surface area contributed by atoms with Gasteiger partial charge in [-0.05, 0) is 29.7 Å². The van der Waals surface area contributed by atoms with Crippen molar-refractivity contribution >= 4 is 22.4 Å². The summed E-state index contributed by atoms with van der Waals surface area (Å²) in [6, 6.07) is 21.0. The molecule has 1 amide bonds. The molecule has 0 saturated carbocycles. The van der Waals surface area contributed by atoms with E-state index >= 15 is 0 Å². The van der Waals surface area contributed by atoms with Crippen molar-refractivity contribution in [3.8, 4) is 22.8 Å². The molecule has 30 heavy (non-hydrogen) atoms. The van der Waals surface area contributed by atoms with Gasteiger partial charge in [-0.1, -0.05) is 41.6 Å². The van der Waals surface area contributed by atoms with Gasteiger partial charge in [-0.25, -0.2) is 0 Å². The summed E-state index contributed by atoms with van der Waals surface area (Å²) < 4.78 is 21.6. The maximum atomic E-state index is 12.3. The van der Waals surface area contributed by atoms with Gasteiger partial charge in [-0.3, -0.25) is 4.79 Å². The number of nitrogens with one attached hydrogen (secondary N) is 1. The van der Waals surface area contributed by atoms with Gasteiger partial charge in [0.05, 0.1) is 6.61 Å². The number of fused-ring (bicyclic) bond motifs is 2. The molecule has 0 fully saturated rings. The highest BCUT2D eigenvalue weighted by atomic mass is 16.7. The van der Waals surface area contributed by atoms with E-state index in [1.165, 1.54) is 0 Å². The fraction of sp³-hybridized carbons (Fsp3) is 0.130. The summed E-state index contributed by atoms with van der Waals surface area (Å²) in [6.45, 7) is 0.293. The van der Waals surface area contributed by atoms with Crippen molar-refractivity contribution in [2.75, 3.05) is 18.7 Å². The van der Waals surface area contributed by atoms with Crippen LogP contribution < -0.4 is 14.8 Å². The number of aromatic nitrogens is 1. The Morgan fingerprint density at radius 2 is 1.87 bits per heavy atom. The van der Waals surface area contributed by atoms with Gasteiger partial charge in [0, 0.05) is 22.7 Å². The van der Waals surface area contributed by atoms with Gasteiger partial charge in [0.1, 0.15) is 12.3 Å². The van der Waals surface area contributed by atoms with Crippen LogP contribution in [0.4, 0.5) is 5.69 Å². The number of anilines is 1. The van der Waals surface area contributed by atoms with Gasteiger partial charge in [0.15, 0.2) is 17.3 Å². The fourth-order valence-electron chi connectivity index (χ4n) is 3.33. The third kappa shape index (κ3) is 3.70. The average molecular weight is 402 g/mol. The highest BCUT2D eigenvalue weighted by Crippen LogP contribution is 2.36. The van der Waals surface area contributed by atoms with Crippen molar-refractivity contribution in [3.05, 3.63) is 72.4 Å². The molecule has 7 heteroatoms. The minimum atomic E-state index is -0.231. The Hall–Kier alpha value is -3.84. The Bertz CT molecular complexity index is 1210. The topological polar surface area (TPSA) is 82.8 Å². The maximum Gasteiger partial charge on any atom is 0.250 e. The average Bonchev–Trinajstić information content (AvgIpc) is 3.43. The smallest absolute Gasteiger partial charge is 0.250 e. The van der Waals surface area contributed by atoms with Crippen molar-refractivity contribution in [2.45, 2.75) is 6.61 Å². The van der Waals surface area contributed by atoms with E-state index in [2.05, 4.69) is 10.5 Å². The number of hydrogen-bond acceptors (Lipinski definition) is 6. The molecule has 1 aliphatic heterocycles. The maximum absolute atomic E-state index is 12.3. The van der Waals surface area contributed by atoms with E-state index in [4.69, 9.17) is 18.7 Å². The molecule has 5 rings (SSSR count). The minimum absolute atomic E-state index is 0.0879. The molecule has 0 atom stereocenters. The molecular formula is C23H18N2O5. The van der Waals surface area contributed by atoms with Crippen LogP contribution in [0.15, 0.2) is 71.3 Å². The molecule has 150 valence electrons. The first-order valence-corrected chi connectivity index (χ1v) is 9.47. The first-order valence-electron chi connectivity index (χ1n) is 9.47. The van der Waals surface area contributed by atoms with E-state index in [-0.39, 0.29) is 25.9 Å². The molecule has 0 unspecified atom stereocenters. The zero-order valence-corrected chi connectivity index (χ0v) is 16.0. The minimum Gasteiger partial charge on any atom is -0.454 e. The molecular weight excluding hydrogens is 384 g/mol. The van der Waals surface area contributed by atoms with E-state index in [9.17, 15) is 4.79 Å². The number of ether oxygens (including phenoxy) is 3. The largest absolute Gasteiger partial charge is 0.454 e. The van der Waals surface area contributed by atoms with Gasteiger partial charge in [0.25, 0.3) is 0 Å². The van der Waals surface area contributed by atoms with Crippen LogP contribution in [0.5, 0.6) is 11.5 Å². The molecule has 0 radical (unpaired) electrons. The molecule has 2 heterocycles. The van der Waals surface area contributed by atoms with Crippen LogP contribution in [0.3, 0.4) is 0 Å². The molecule has 1 aromatic heterocycles. The second-order valence-electron chi connectivity index (χ2n) is 6.82. The van der Waals surface area contributed by atoms with E-state index in [0.29, 0.717) is 23.0 Å². The van der Waals surface area contributed by atoms with Gasteiger partial charge in [-0.2, -0.15) is 0 Å². The Morgan fingerprint density at radius 3 is 2.83 bits per heavy atom. The lowest BCUT2D eigenvalue weighted by molar-refractivity contribution is -0.121. The van der Waals surface area contributed by atoms with E-state index < -0.39 is 0 Å². The third-order valence-corrected chi connectivity index (χ3v) is 4.76. The van der Waals surface area contributed by atoms with Gasteiger partial charge in [-0.15, -0.1) is 0 Å². The quantitative estimate of drug-likeness (QED) is 0.515. The number of benzene rings is 3. The fourth-order valence-corrected chi connectivity index (χ4v) is 3.33. The second kappa shape index (κ2) is 7.88. The molecule has 0 aliphatic carbocycles. The normalized spacial score (nSPS) is 12.3. The zero-order valence-electron chi connectivity index (χ0n) is 16.0. The Morgan fingerprint density at radius 1 is 1.00 bits per heavy atom. The first-order chi connectivity index (χ1) is 14.8. The lowest BCUT2D eigenvalue weighted by Gasteiger charge is -2.08.